The first-order valence-corrected chi connectivity index (χ1v) is 7.59. The third-order valence-corrected chi connectivity index (χ3v) is 4.74. The van der Waals surface area contributed by atoms with Crippen LogP contribution in [0.1, 0.15) is 36.0 Å². The third-order valence-electron chi connectivity index (χ3n) is 3.08. The Balaban J connectivity index is 2.01. The van der Waals surface area contributed by atoms with Gasteiger partial charge in [0.05, 0.1) is 5.56 Å². The van der Waals surface area contributed by atoms with Crippen LogP contribution in [0.3, 0.4) is 0 Å². The Bertz CT molecular complexity index is 414. The largest absolute Gasteiger partial charge is 0.478 e. The van der Waals surface area contributed by atoms with Crippen molar-refractivity contribution in [3.8, 4) is 0 Å². The van der Waals surface area contributed by atoms with Crippen LogP contribution in [-0.4, -0.2) is 16.8 Å². The molecule has 1 aromatic rings. The lowest BCUT2D eigenvalue weighted by Crippen LogP contribution is -1.98. The Labute approximate surface area is 114 Å². The second-order valence-electron chi connectivity index (χ2n) is 4.44. The summed E-state index contributed by atoms with van der Waals surface area (Å²) in [6.45, 7) is 0. The van der Waals surface area contributed by atoms with Gasteiger partial charge in [0.2, 0.25) is 0 Å². The summed E-state index contributed by atoms with van der Waals surface area (Å²) >= 11 is 5.13. The van der Waals surface area contributed by atoms with Crippen LogP contribution in [0.15, 0.2) is 27.6 Å². The van der Waals surface area contributed by atoms with Gasteiger partial charge in [0.1, 0.15) is 0 Å². The highest BCUT2D eigenvalue weighted by molar-refractivity contribution is 9.10. The number of carboxylic acids is 1. The summed E-state index contributed by atoms with van der Waals surface area (Å²) in [5.41, 5.74) is 0.355. The molecule has 0 atom stereocenters. The lowest BCUT2D eigenvalue weighted by molar-refractivity contribution is 0.0696. The number of rotatable bonds is 4. The first-order chi connectivity index (χ1) is 8.15. The predicted octanol–water partition coefficient (Wildman–Crippen LogP) is 4.43. The number of benzene rings is 1. The topological polar surface area (TPSA) is 37.3 Å². The Morgan fingerprint density at radius 3 is 2.71 bits per heavy atom. The monoisotopic (exact) mass is 314 g/mol. The van der Waals surface area contributed by atoms with Gasteiger partial charge in [-0.25, -0.2) is 4.79 Å². The van der Waals surface area contributed by atoms with Crippen molar-refractivity contribution >= 4 is 33.7 Å². The van der Waals surface area contributed by atoms with E-state index in [-0.39, 0.29) is 0 Å². The minimum atomic E-state index is -0.867. The van der Waals surface area contributed by atoms with E-state index < -0.39 is 5.97 Å². The molecule has 0 spiro atoms. The van der Waals surface area contributed by atoms with Crippen LogP contribution >= 0.6 is 27.7 Å². The van der Waals surface area contributed by atoms with Crippen LogP contribution < -0.4 is 0 Å². The molecule has 1 saturated carbocycles. The highest BCUT2D eigenvalue weighted by Crippen LogP contribution is 2.32. The zero-order valence-corrected chi connectivity index (χ0v) is 11.9. The van der Waals surface area contributed by atoms with Crippen molar-refractivity contribution in [2.45, 2.75) is 30.6 Å². The van der Waals surface area contributed by atoms with Crippen molar-refractivity contribution in [3.63, 3.8) is 0 Å². The van der Waals surface area contributed by atoms with Gasteiger partial charge in [0.25, 0.3) is 0 Å². The Kier molecular flexibility index (Phi) is 4.51. The maximum Gasteiger partial charge on any atom is 0.335 e. The smallest absolute Gasteiger partial charge is 0.335 e. The highest BCUT2D eigenvalue weighted by Gasteiger charge is 2.15. The molecular weight excluding hydrogens is 300 g/mol. The number of carbonyl (C=O) groups is 1. The Morgan fingerprint density at radius 1 is 1.35 bits per heavy atom. The van der Waals surface area contributed by atoms with Gasteiger partial charge in [-0.05, 0) is 37.0 Å². The van der Waals surface area contributed by atoms with Crippen molar-refractivity contribution in [1.82, 2.24) is 0 Å². The molecule has 0 bridgehead atoms. The molecule has 1 N–H and O–H groups in total. The van der Waals surface area contributed by atoms with Crippen molar-refractivity contribution in [2.75, 3.05) is 5.75 Å². The molecule has 0 aliphatic heterocycles. The van der Waals surface area contributed by atoms with Crippen molar-refractivity contribution < 1.29 is 9.90 Å². The second kappa shape index (κ2) is 5.91. The zero-order chi connectivity index (χ0) is 12.3. The predicted molar refractivity (Wildman–Crippen MR) is 73.8 cm³/mol. The minimum absolute atomic E-state index is 0.355. The van der Waals surface area contributed by atoms with E-state index in [0.717, 1.165) is 21.0 Å². The maximum absolute atomic E-state index is 10.9. The average Bonchev–Trinajstić information content (AvgIpc) is 2.78. The molecule has 92 valence electrons. The molecule has 0 radical (unpaired) electrons. The molecule has 2 nitrogen and oxygen atoms in total. The molecule has 0 saturated heterocycles. The van der Waals surface area contributed by atoms with E-state index in [0.29, 0.717) is 5.56 Å². The van der Waals surface area contributed by atoms with E-state index in [9.17, 15) is 4.79 Å². The summed E-state index contributed by atoms with van der Waals surface area (Å²) in [7, 11) is 0. The quantitative estimate of drug-likeness (QED) is 0.835. The Morgan fingerprint density at radius 2 is 2.06 bits per heavy atom. The SMILES string of the molecule is O=C(O)c1cc(Br)cc(SCC2CCCC2)c1. The molecule has 4 heteroatoms. The fourth-order valence-electron chi connectivity index (χ4n) is 2.16. The summed E-state index contributed by atoms with van der Waals surface area (Å²) in [6.07, 6.45) is 5.35. The summed E-state index contributed by atoms with van der Waals surface area (Å²) in [4.78, 5) is 12.0. The first kappa shape index (κ1) is 13.0. The minimum Gasteiger partial charge on any atom is -0.478 e. The van der Waals surface area contributed by atoms with Gasteiger partial charge >= 0.3 is 5.97 Å². The molecule has 0 amide bonds. The van der Waals surface area contributed by atoms with Crippen molar-refractivity contribution in [3.05, 3.63) is 28.2 Å². The molecule has 2 rings (SSSR count). The Hall–Kier alpha value is -0.480. The van der Waals surface area contributed by atoms with Gasteiger partial charge in [0, 0.05) is 15.1 Å². The number of thioether (sulfide) groups is 1. The summed E-state index contributed by atoms with van der Waals surface area (Å²) in [5.74, 6) is 1.05. The summed E-state index contributed by atoms with van der Waals surface area (Å²) < 4.78 is 0.839. The molecule has 1 fully saturated rings. The maximum atomic E-state index is 10.9. The van der Waals surface area contributed by atoms with E-state index in [1.54, 1.807) is 23.9 Å². The molecule has 1 aliphatic carbocycles. The lowest BCUT2D eigenvalue weighted by Gasteiger charge is -2.09. The van der Waals surface area contributed by atoms with Gasteiger partial charge in [-0.3, -0.25) is 0 Å². The van der Waals surface area contributed by atoms with Crippen LogP contribution in [0.2, 0.25) is 0 Å². The zero-order valence-electron chi connectivity index (χ0n) is 9.49. The normalized spacial score (nSPS) is 16.3. The van der Waals surface area contributed by atoms with E-state index in [1.165, 1.54) is 25.7 Å². The third kappa shape index (κ3) is 3.75. The molecule has 0 unspecified atom stereocenters. The number of hydrogen-bond donors (Lipinski definition) is 1. The van der Waals surface area contributed by atoms with Crippen molar-refractivity contribution in [2.24, 2.45) is 5.92 Å². The van der Waals surface area contributed by atoms with Gasteiger partial charge in [-0.1, -0.05) is 28.8 Å². The number of aromatic carboxylic acids is 1. The van der Waals surface area contributed by atoms with Gasteiger partial charge in [0.15, 0.2) is 0 Å². The molecule has 0 aromatic heterocycles. The van der Waals surface area contributed by atoms with E-state index in [2.05, 4.69) is 15.9 Å². The van der Waals surface area contributed by atoms with Crippen LogP contribution in [0, 0.1) is 5.92 Å². The summed E-state index contributed by atoms with van der Waals surface area (Å²) in [6, 6.07) is 5.39. The fourth-order valence-corrected chi connectivity index (χ4v) is 3.99. The molecule has 17 heavy (non-hydrogen) atoms. The highest BCUT2D eigenvalue weighted by atomic mass is 79.9. The molecule has 1 aliphatic rings. The van der Waals surface area contributed by atoms with E-state index >= 15 is 0 Å². The van der Waals surface area contributed by atoms with Crippen LogP contribution in [0.25, 0.3) is 0 Å². The van der Waals surface area contributed by atoms with E-state index in [1.807, 2.05) is 6.07 Å². The van der Waals surface area contributed by atoms with Crippen LogP contribution in [-0.2, 0) is 0 Å². The van der Waals surface area contributed by atoms with Gasteiger partial charge in [-0.2, -0.15) is 0 Å². The van der Waals surface area contributed by atoms with Crippen molar-refractivity contribution in [1.29, 1.82) is 0 Å². The van der Waals surface area contributed by atoms with Gasteiger partial charge < -0.3 is 5.11 Å². The molecule has 1 aromatic carbocycles. The number of halogens is 1. The molecular formula is C13H15BrO2S. The average molecular weight is 315 g/mol. The number of carboxylic acid groups (broad SMARTS) is 1. The second-order valence-corrected chi connectivity index (χ2v) is 6.45. The lowest BCUT2D eigenvalue weighted by atomic mass is 10.1. The van der Waals surface area contributed by atoms with E-state index in [4.69, 9.17) is 5.11 Å². The van der Waals surface area contributed by atoms with Crippen LogP contribution in [0.4, 0.5) is 0 Å². The molecule has 0 heterocycles. The summed E-state index contributed by atoms with van der Waals surface area (Å²) in [5, 5.41) is 8.98. The number of hydrogen-bond acceptors (Lipinski definition) is 2. The standard InChI is InChI=1S/C13H15BrO2S/c14-11-5-10(13(15)16)6-12(7-11)17-8-9-3-1-2-4-9/h5-7,9H,1-4,8H2,(H,15,16). The first-order valence-electron chi connectivity index (χ1n) is 5.82. The van der Waals surface area contributed by atoms with Crippen LogP contribution in [0.5, 0.6) is 0 Å². The fraction of sp³-hybridized carbons (Fsp3) is 0.462. The van der Waals surface area contributed by atoms with Gasteiger partial charge in [-0.15, -0.1) is 11.8 Å².